The fraction of sp³-hybridized carbons (Fsp3) is 0. The molecule has 0 spiro atoms. The fourth-order valence-corrected chi connectivity index (χ4v) is 0.537. The summed E-state index contributed by atoms with van der Waals surface area (Å²) in [5, 5.41) is -0.632. The van der Waals surface area contributed by atoms with Gasteiger partial charge in [0.2, 0.25) is 0 Å². The van der Waals surface area contributed by atoms with Crippen LogP contribution in [-0.2, 0) is 0 Å². The van der Waals surface area contributed by atoms with Crippen LogP contribution in [0.3, 0.4) is 0 Å². The van der Waals surface area contributed by atoms with Crippen LogP contribution in [0, 0.1) is 0 Å². The molecule has 0 aromatic carbocycles. The van der Waals surface area contributed by atoms with Crippen molar-refractivity contribution < 1.29 is 4.79 Å². The van der Waals surface area contributed by atoms with Gasteiger partial charge in [0.1, 0.15) is 11.5 Å². The SMILES string of the molecule is Nc1cnc(C(=O)Cl)cn1. The molecule has 4 nitrogen and oxygen atoms in total. The second-order valence-corrected chi connectivity index (χ2v) is 1.94. The number of nitrogen functional groups attached to an aromatic ring is 1. The van der Waals surface area contributed by atoms with Crippen molar-refractivity contribution in [3.63, 3.8) is 0 Å². The second-order valence-electron chi connectivity index (χ2n) is 1.60. The minimum atomic E-state index is -0.632. The molecule has 0 saturated carbocycles. The Balaban J connectivity index is 3.00. The average Bonchev–Trinajstić information content (AvgIpc) is 1.88. The van der Waals surface area contributed by atoms with Crippen molar-refractivity contribution in [3.8, 4) is 0 Å². The molecule has 0 saturated heterocycles. The van der Waals surface area contributed by atoms with E-state index in [1.165, 1.54) is 12.4 Å². The van der Waals surface area contributed by atoms with Gasteiger partial charge in [-0.15, -0.1) is 0 Å². The molecule has 0 unspecified atom stereocenters. The molecule has 0 amide bonds. The van der Waals surface area contributed by atoms with Crippen molar-refractivity contribution in [3.05, 3.63) is 18.1 Å². The number of carbonyl (C=O) groups excluding carboxylic acids is 1. The Kier molecular flexibility index (Phi) is 1.82. The quantitative estimate of drug-likeness (QED) is 0.601. The number of nitrogens with zero attached hydrogens (tertiary/aromatic N) is 2. The van der Waals surface area contributed by atoms with Crippen molar-refractivity contribution in [1.82, 2.24) is 9.97 Å². The summed E-state index contributed by atoms with van der Waals surface area (Å²) in [6, 6.07) is 0. The van der Waals surface area contributed by atoms with E-state index in [0.717, 1.165) is 0 Å². The summed E-state index contributed by atoms with van der Waals surface area (Å²) >= 11 is 5.07. The van der Waals surface area contributed by atoms with Crippen LogP contribution in [0.15, 0.2) is 12.4 Å². The van der Waals surface area contributed by atoms with E-state index in [2.05, 4.69) is 9.97 Å². The molecule has 0 atom stereocenters. The van der Waals surface area contributed by atoms with Crippen LogP contribution in [0.5, 0.6) is 0 Å². The first kappa shape index (κ1) is 6.95. The Morgan fingerprint density at radius 1 is 1.50 bits per heavy atom. The van der Waals surface area contributed by atoms with Crippen LogP contribution in [0.25, 0.3) is 0 Å². The van der Waals surface area contributed by atoms with Gasteiger partial charge in [0.15, 0.2) is 0 Å². The third kappa shape index (κ3) is 1.41. The van der Waals surface area contributed by atoms with Crippen LogP contribution in [-0.4, -0.2) is 15.2 Å². The smallest absolute Gasteiger partial charge is 0.272 e. The molecule has 52 valence electrons. The molecule has 1 aromatic rings. The highest BCUT2D eigenvalue weighted by Crippen LogP contribution is 1.98. The summed E-state index contributed by atoms with van der Waals surface area (Å²) in [4.78, 5) is 17.6. The first-order valence-electron chi connectivity index (χ1n) is 2.47. The van der Waals surface area contributed by atoms with Gasteiger partial charge in [-0.1, -0.05) is 0 Å². The maximum absolute atomic E-state index is 10.4. The lowest BCUT2D eigenvalue weighted by atomic mass is 10.5. The Bertz CT molecular complexity index is 246. The highest BCUT2D eigenvalue weighted by atomic mass is 35.5. The Labute approximate surface area is 62.0 Å². The first-order chi connectivity index (χ1) is 4.70. The largest absolute Gasteiger partial charge is 0.382 e. The number of rotatable bonds is 1. The zero-order valence-electron chi connectivity index (χ0n) is 4.91. The van der Waals surface area contributed by atoms with Gasteiger partial charge in [0, 0.05) is 0 Å². The van der Waals surface area contributed by atoms with Gasteiger partial charge in [0.25, 0.3) is 5.24 Å². The summed E-state index contributed by atoms with van der Waals surface area (Å²) in [6.45, 7) is 0. The van der Waals surface area contributed by atoms with E-state index in [0.29, 0.717) is 0 Å². The lowest BCUT2D eigenvalue weighted by molar-refractivity contribution is 0.107. The number of hydrogen-bond acceptors (Lipinski definition) is 4. The van der Waals surface area contributed by atoms with Crippen LogP contribution in [0.2, 0.25) is 0 Å². The molecule has 0 aliphatic heterocycles. The molecule has 0 fully saturated rings. The van der Waals surface area contributed by atoms with Crippen molar-refractivity contribution in [2.75, 3.05) is 5.73 Å². The monoisotopic (exact) mass is 157 g/mol. The molecule has 10 heavy (non-hydrogen) atoms. The minimum Gasteiger partial charge on any atom is -0.382 e. The third-order valence-corrected chi connectivity index (χ3v) is 1.07. The molecule has 0 radical (unpaired) electrons. The van der Waals surface area contributed by atoms with Crippen LogP contribution >= 0.6 is 11.6 Å². The number of halogens is 1. The van der Waals surface area contributed by atoms with Gasteiger partial charge in [0.05, 0.1) is 12.4 Å². The number of carbonyl (C=O) groups is 1. The predicted molar refractivity (Wildman–Crippen MR) is 36.6 cm³/mol. The zero-order valence-corrected chi connectivity index (χ0v) is 5.67. The van der Waals surface area contributed by atoms with E-state index in [4.69, 9.17) is 17.3 Å². The van der Waals surface area contributed by atoms with Crippen molar-refractivity contribution in [2.24, 2.45) is 0 Å². The minimum absolute atomic E-state index is 0.107. The number of anilines is 1. The summed E-state index contributed by atoms with van der Waals surface area (Å²) < 4.78 is 0. The normalized spacial score (nSPS) is 9.30. The first-order valence-corrected chi connectivity index (χ1v) is 2.85. The Hall–Kier alpha value is -1.16. The maximum atomic E-state index is 10.4. The van der Waals surface area contributed by atoms with Crippen molar-refractivity contribution in [1.29, 1.82) is 0 Å². The lowest BCUT2D eigenvalue weighted by Crippen LogP contribution is -1.97. The maximum Gasteiger partial charge on any atom is 0.272 e. The second kappa shape index (κ2) is 2.62. The van der Waals surface area contributed by atoms with Gasteiger partial charge in [-0.2, -0.15) is 0 Å². The molecule has 1 rings (SSSR count). The van der Waals surface area contributed by atoms with E-state index in [-0.39, 0.29) is 11.5 Å². The fourth-order valence-electron chi connectivity index (χ4n) is 0.440. The Morgan fingerprint density at radius 2 is 2.20 bits per heavy atom. The molecule has 0 aliphatic carbocycles. The topological polar surface area (TPSA) is 68.9 Å². The molecular weight excluding hydrogens is 154 g/mol. The van der Waals surface area contributed by atoms with E-state index in [9.17, 15) is 4.79 Å². The standard InChI is InChI=1S/C5H4ClN3O/c6-5(10)3-1-9-4(7)2-8-3/h1-2H,(H2,7,9). The predicted octanol–water partition coefficient (Wildman–Crippen LogP) is 0.438. The summed E-state index contributed by atoms with van der Waals surface area (Å²) in [5.74, 6) is 0.265. The number of hydrogen-bond donors (Lipinski definition) is 1. The molecule has 1 aromatic heterocycles. The highest BCUT2D eigenvalue weighted by Gasteiger charge is 2.01. The molecule has 0 aliphatic rings. The van der Waals surface area contributed by atoms with E-state index < -0.39 is 5.24 Å². The average molecular weight is 158 g/mol. The number of nitrogens with two attached hydrogens (primary N) is 1. The van der Waals surface area contributed by atoms with Crippen LogP contribution < -0.4 is 5.73 Å². The highest BCUT2D eigenvalue weighted by molar-refractivity contribution is 6.67. The number of aromatic nitrogens is 2. The third-order valence-electron chi connectivity index (χ3n) is 0.873. The van der Waals surface area contributed by atoms with Crippen molar-refractivity contribution >= 4 is 22.7 Å². The van der Waals surface area contributed by atoms with Gasteiger partial charge in [-0.05, 0) is 11.6 Å². The van der Waals surface area contributed by atoms with E-state index in [1.807, 2.05) is 0 Å². The molecule has 5 heteroatoms. The van der Waals surface area contributed by atoms with Gasteiger partial charge in [-0.25, -0.2) is 9.97 Å². The summed E-state index contributed by atoms with van der Waals surface area (Å²) in [7, 11) is 0. The summed E-state index contributed by atoms with van der Waals surface area (Å²) in [5.41, 5.74) is 5.31. The van der Waals surface area contributed by atoms with E-state index in [1.54, 1.807) is 0 Å². The van der Waals surface area contributed by atoms with E-state index >= 15 is 0 Å². The van der Waals surface area contributed by atoms with Crippen LogP contribution in [0.4, 0.5) is 5.82 Å². The molecule has 1 heterocycles. The lowest BCUT2D eigenvalue weighted by Gasteiger charge is -1.91. The van der Waals surface area contributed by atoms with Gasteiger partial charge in [-0.3, -0.25) is 4.79 Å². The molecule has 2 N–H and O–H groups in total. The molecule has 0 bridgehead atoms. The van der Waals surface area contributed by atoms with Gasteiger partial charge < -0.3 is 5.73 Å². The van der Waals surface area contributed by atoms with Crippen molar-refractivity contribution in [2.45, 2.75) is 0 Å². The zero-order chi connectivity index (χ0) is 7.56. The summed E-state index contributed by atoms with van der Waals surface area (Å²) in [6.07, 6.45) is 2.50. The molecular formula is C5H4ClN3O. The van der Waals surface area contributed by atoms with Gasteiger partial charge >= 0.3 is 0 Å². The Morgan fingerprint density at radius 3 is 2.60 bits per heavy atom. The van der Waals surface area contributed by atoms with Crippen LogP contribution in [0.1, 0.15) is 10.5 Å².